The lowest BCUT2D eigenvalue weighted by Gasteiger charge is -2.37. The number of carbonyl (C=O) groups excluding carboxylic acids is 2. The minimum Gasteiger partial charge on any atom is -0.490 e. The predicted octanol–water partition coefficient (Wildman–Crippen LogP) is 4.18. The number of anilines is 1. The van der Waals surface area contributed by atoms with Gasteiger partial charge in [0.1, 0.15) is 0 Å². The third-order valence-electron chi connectivity index (χ3n) is 5.04. The van der Waals surface area contributed by atoms with Crippen LogP contribution in [0.15, 0.2) is 42.5 Å². The fourth-order valence-electron chi connectivity index (χ4n) is 3.67. The lowest BCUT2D eigenvalue weighted by molar-refractivity contribution is -0.141. The van der Waals surface area contributed by atoms with Gasteiger partial charge in [-0.3, -0.25) is 4.79 Å². The molecule has 0 fully saturated rings. The van der Waals surface area contributed by atoms with E-state index in [2.05, 4.69) is 5.32 Å². The Bertz CT molecular complexity index is 885. The van der Waals surface area contributed by atoms with E-state index in [1.165, 1.54) is 7.11 Å². The first-order valence-corrected chi connectivity index (χ1v) is 10.2. The van der Waals surface area contributed by atoms with Gasteiger partial charge in [-0.05, 0) is 55.7 Å². The number of nitrogens with one attached hydrogen (secondary N) is 1. The van der Waals surface area contributed by atoms with Crippen molar-refractivity contribution in [1.29, 1.82) is 0 Å². The van der Waals surface area contributed by atoms with Crippen LogP contribution in [-0.4, -0.2) is 43.8 Å². The van der Waals surface area contributed by atoms with E-state index < -0.39 is 6.04 Å². The Morgan fingerprint density at radius 3 is 2.37 bits per heavy atom. The molecule has 0 aromatic heterocycles. The smallest absolute Gasteiger partial charge is 0.322 e. The number of benzene rings is 2. The number of hydrogen-bond acceptors (Lipinski definition) is 5. The van der Waals surface area contributed by atoms with E-state index in [9.17, 15) is 9.59 Å². The molecule has 0 saturated carbocycles. The minimum atomic E-state index is -0.459. The maximum absolute atomic E-state index is 13.0. The molecule has 2 amide bonds. The largest absolute Gasteiger partial charge is 0.490 e. The van der Waals surface area contributed by atoms with Crippen molar-refractivity contribution in [3.05, 3.63) is 53.6 Å². The highest BCUT2D eigenvalue weighted by atomic mass is 16.5. The molecule has 7 heteroatoms. The zero-order valence-corrected chi connectivity index (χ0v) is 17.6. The number of carbonyl (C=O) groups is 2. The van der Waals surface area contributed by atoms with Gasteiger partial charge in [0, 0.05) is 12.2 Å². The maximum Gasteiger partial charge on any atom is 0.322 e. The molecule has 0 spiro atoms. The molecule has 30 heavy (non-hydrogen) atoms. The van der Waals surface area contributed by atoms with Crippen molar-refractivity contribution in [3.63, 3.8) is 0 Å². The Morgan fingerprint density at radius 1 is 1.07 bits per heavy atom. The van der Waals surface area contributed by atoms with Crippen LogP contribution >= 0.6 is 0 Å². The molecule has 0 aliphatic carbocycles. The quantitative estimate of drug-likeness (QED) is 0.691. The average molecular weight is 412 g/mol. The van der Waals surface area contributed by atoms with E-state index in [0.717, 1.165) is 11.1 Å². The van der Waals surface area contributed by atoms with Crippen LogP contribution in [0.5, 0.6) is 11.5 Å². The molecule has 0 radical (unpaired) electrons. The monoisotopic (exact) mass is 412 g/mol. The van der Waals surface area contributed by atoms with Crippen LogP contribution in [-0.2, 0) is 16.0 Å². The van der Waals surface area contributed by atoms with Crippen LogP contribution in [0.1, 0.15) is 37.4 Å². The molecule has 1 N–H and O–H groups in total. The molecule has 0 bridgehead atoms. The van der Waals surface area contributed by atoms with Crippen LogP contribution in [0.4, 0.5) is 10.5 Å². The lowest BCUT2D eigenvalue weighted by atomic mass is 9.90. The Kier molecular flexibility index (Phi) is 7.17. The van der Waals surface area contributed by atoms with Gasteiger partial charge in [0.25, 0.3) is 0 Å². The second-order valence-electron chi connectivity index (χ2n) is 6.90. The number of nitrogens with zero attached hydrogens (tertiary/aromatic N) is 1. The maximum atomic E-state index is 13.0. The molecule has 2 aromatic carbocycles. The van der Waals surface area contributed by atoms with E-state index in [-0.39, 0.29) is 18.4 Å². The predicted molar refractivity (Wildman–Crippen MR) is 114 cm³/mol. The van der Waals surface area contributed by atoms with Crippen LogP contribution in [0.3, 0.4) is 0 Å². The fraction of sp³-hybridized carbons (Fsp3) is 0.391. The Balaban J connectivity index is 1.96. The highest BCUT2D eigenvalue weighted by Crippen LogP contribution is 2.40. The molecule has 1 heterocycles. The van der Waals surface area contributed by atoms with Crippen LogP contribution < -0.4 is 14.8 Å². The van der Waals surface area contributed by atoms with E-state index in [0.29, 0.717) is 43.4 Å². The normalized spacial score (nSPS) is 15.2. The Hall–Kier alpha value is -3.22. The summed E-state index contributed by atoms with van der Waals surface area (Å²) in [6.45, 7) is 5.31. The van der Waals surface area contributed by atoms with E-state index >= 15 is 0 Å². The molecule has 7 nitrogen and oxygen atoms in total. The SMILES string of the molecule is CCOc1cc2c(cc1OCC)[C@@H](CC(=O)OC)N(C(=O)Nc1ccccc1)CC2. The van der Waals surface area contributed by atoms with Crippen molar-refractivity contribution in [1.82, 2.24) is 4.90 Å². The number of urea groups is 1. The van der Waals surface area contributed by atoms with Crippen molar-refractivity contribution in [2.75, 3.05) is 32.2 Å². The van der Waals surface area contributed by atoms with Gasteiger partial charge >= 0.3 is 12.0 Å². The number of fused-ring (bicyclic) bond motifs is 1. The second kappa shape index (κ2) is 10.0. The Labute approximate surface area is 176 Å². The molecular weight excluding hydrogens is 384 g/mol. The van der Waals surface area contributed by atoms with Gasteiger partial charge < -0.3 is 24.4 Å². The zero-order valence-electron chi connectivity index (χ0n) is 17.6. The van der Waals surface area contributed by atoms with Gasteiger partial charge in [-0.1, -0.05) is 18.2 Å². The van der Waals surface area contributed by atoms with Crippen LogP contribution in [0.25, 0.3) is 0 Å². The molecule has 0 unspecified atom stereocenters. The average Bonchev–Trinajstić information content (AvgIpc) is 2.75. The number of esters is 1. The van der Waals surface area contributed by atoms with Gasteiger partial charge in [-0.25, -0.2) is 4.79 Å². The third kappa shape index (κ3) is 4.84. The highest BCUT2D eigenvalue weighted by Gasteiger charge is 2.34. The fourth-order valence-corrected chi connectivity index (χ4v) is 3.67. The van der Waals surface area contributed by atoms with E-state index in [1.807, 2.05) is 56.3 Å². The number of ether oxygens (including phenoxy) is 3. The first kappa shape index (κ1) is 21.5. The van der Waals surface area contributed by atoms with Crippen molar-refractivity contribution >= 4 is 17.7 Å². The molecule has 3 rings (SSSR count). The minimum absolute atomic E-state index is 0.0608. The molecule has 160 valence electrons. The Morgan fingerprint density at radius 2 is 1.73 bits per heavy atom. The third-order valence-corrected chi connectivity index (χ3v) is 5.04. The van der Waals surface area contributed by atoms with Crippen LogP contribution in [0.2, 0.25) is 0 Å². The first-order valence-electron chi connectivity index (χ1n) is 10.2. The molecule has 1 atom stereocenters. The number of amides is 2. The number of methoxy groups -OCH3 is 1. The summed E-state index contributed by atoms with van der Waals surface area (Å²) in [4.78, 5) is 26.9. The summed E-state index contributed by atoms with van der Waals surface area (Å²) in [5.74, 6) is 0.910. The van der Waals surface area contributed by atoms with Crippen molar-refractivity contribution in [2.45, 2.75) is 32.7 Å². The second-order valence-corrected chi connectivity index (χ2v) is 6.90. The van der Waals surface area contributed by atoms with Crippen LogP contribution in [0, 0.1) is 0 Å². The zero-order chi connectivity index (χ0) is 21.5. The molecule has 1 aliphatic rings. The number of para-hydroxylation sites is 1. The summed E-state index contributed by atoms with van der Waals surface area (Å²) >= 11 is 0. The van der Waals surface area contributed by atoms with Gasteiger partial charge in [0.05, 0.1) is 32.8 Å². The number of rotatable bonds is 7. The molecule has 2 aromatic rings. The summed E-state index contributed by atoms with van der Waals surface area (Å²) in [6, 6.07) is 12.4. The van der Waals surface area contributed by atoms with Crippen molar-refractivity contribution in [3.8, 4) is 11.5 Å². The number of hydrogen-bond donors (Lipinski definition) is 1. The van der Waals surface area contributed by atoms with E-state index in [4.69, 9.17) is 14.2 Å². The lowest BCUT2D eigenvalue weighted by Crippen LogP contribution is -2.43. The van der Waals surface area contributed by atoms with Crippen molar-refractivity contribution in [2.24, 2.45) is 0 Å². The van der Waals surface area contributed by atoms with Gasteiger partial charge in [-0.15, -0.1) is 0 Å². The summed E-state index contributed by atoms with van der Waals surface area (Å²) in [5.41, 5.74) is 2.62. The van der Waals surface area contributed by atoms with Gasteiger partial charge in [0.2, 0.25) is 0 Å². The first-order chi connectivity index (χ1) is 14.6. The summed E-state index contributed by atoms with van der Waals surface area (Å²) in [5, 5.41) is 2.91. The summed E-state index contributed by atoms with van der Waals surface area (Å²) in [7, 11) is 1.35. The van der Waals surface area contributed by atoms with Gasteiger partial charge in [-0.2, -0.15) is 0 Å². The highest BCUT2D eigenvalue weighted by molar-refractivity contribution is 5.90. The van der Waals surface area contributed by atoms with E-state index in [1.54, 1.807) is 4.90 Å². The molecule has 1 aliphatic heterocycles. The molecule has 0 saturated heterocycles. The van der Waals surface area contributed by atoms with Crippen molar-refractivity contribution < 1.29 is 23.8 Å². The van der Waals surface area contributed by atoms with Gasteiger partial charge in [0.15, 0.2) is 11.5 Å². The molecular formula is C23H28N2O5. The topological polar surface area (TPSA) is 77.1 Å². The standard InChI is InChI=1S/C23H28N2O5/c1-4-29-20-13-16-11-12-25(23(27)24-17-9-7-6-8-10-17)19(15-22(26)28-3)18(16)14-21(20)30-5-2/h6-10,13-14,19H,4-5,11-12,15H2,1-3H3,(H,24,27)/t19-/m1/s1. The summed E-state index contributed by atoms with van der Waals surface area (Å²) < 4.78 is 16.4. The summed E-state index contributed by atoms with van der Waals surface area (Å²) in [6.07, 6.45) is 0.715.